The molecule has 5 nitrogen and oxygen atoms in total. The van der Waals surface area contributed by atoms with Gasteiger partial charge in [0.25, 0.3) is 0 Å². The number of likely N-dealkylation sites (tertiary alicyclic amines) is 1. The molecule has 0 saturated carbocycles. The number of unbranched alkanes of at least 4 members (excludes halogenated alkanes) is 1. The minimum absolute atomic E-state index is 0. The van der Waals surface area contributed by atoms with Crippen LogP contribution in [0.5, 0.6) is 0 Å². The molecule has 1 saturated heterocycles. The molecular weight excluding hydrogens is 458 g/mol. The first-order valence-corrected chi connectivity index (χ1v) is 9.83. The van der Waals surface area contributed by atoms with Gasteiger partial charge >= 0.3 is 0 Å². The van der Waals surface area contributed by atoms with E-state index in [9.17, 15) is 9.50 Å². The summed E-state index contributed by atoms with van der Waals surface area (Å²) in [5.41, 5.74) is 0.676. The molecular formula is C20H34FIN4O. The molecule has 0 amide bonds. The number of aliphatic hydroxyl groups excluding tert-OH is 1. The van der Waals surface area contributed by atoms with Gasteiger partial charge in [-0.2, -0.15) is 0 Å². The Balaban J connectivity index is 0.00000364. The van der Waals surface area contributed by atoms with Crippen LogP contribution in [0.15, 0.2) is 29.3 Å². The maximum atomic E-state index is 13.0. The predicted molar refractivity (Wildman–Crippen MR) is 120 cm³/mol. The van der Waals surface area contributed by atoms with Gasteiger partial charge in [-0.15, -0.1) is 24.0 Å². The molecule has 1 unspecified atom stereocenters. The maximum Gasteiger partial charge on any atom is 0.191 e. The third kappa shape index (κ3) is 8.74. The Hall–Kier alpha value is -0.930. The quantitative estimate of drug-likeness (QED) is 0.296. The average Bonchev–Trinajstić information content (AvgIpc) is 2.66. The monoisotopic (exact) mass is 492 g/mol. The summed E-state index contributed by atoms with van der Waals surface area (Å²) in [6, 6.07) is 6.33. The van der Waals surface area contributed by atoms with Crippen LogP contribution in [0.25, 0.3) is 0 Å². The Bertz CT molecular complexity index is 547. The van der Waals surface area contributed by atoms with Crippen molar-refractivity contribution in [3.05, 3.63) is 35.6 Å². The average molecular weight is 492 g/mol. The summed E-state index contributed by atoms with van der Waals surface area (Å²) in [6.45, 7) is 8.71. The summed E-state index contributed by atoms with van der Waals surface area (Å²) in [4.78, 5) is 7.04. The second kappa shape index (κ2) is 13.3. The molecule has 27 heavy (non-hydrogen) atoms. The number of guanidine groups is 1. The van der Waals surface area contributed by atoms with Crippen molar-refractivity contribution in [1.82, 2.24) is 15.5 Å². The molecule has 7 heteroatoms. The predicted octanol–water partition coefficient (Wildman–Crippen LogP) is 3.30. The van der Waals surface area contributed by atoms with E-state index in [1.807, 2.05) is 6.92 Å². The zero-order valence-electron chi connectivity index (χ0n) is 16.5. The van der Waals surface area contributed by atoms with Crippen molar-refractivity contribution in [2.24, 2.45) is 4.99 Å². The number of nitrogens with zero attached hydrogens (tertiary/aromatic N) is 2. The minimum atomic E-state index is -0.734. The largest absolute Gasteiger partial charge is 0.386 e. The van der Waals surface area contributed by atoms with Gasteiger partial charge in [-0.3, -0.25) is 4.99 Å². The standard InChI is InChI=1S/C20H33FN4O.HI/c1-3-5-12-25-13-10-18(11-14-25)24-20(22-4-2)23-15-19(26)16-6-8-17(21)9-7-16;/h6-9,18-19,26H,3-5,10-15H2,1-2H3,(H2,22,23,24);1H. The van der Waals surface area contributed by atoms with Crippen LogP contribution in [0.4, 0.5) is 4.39 Å². The summed E-state index contributed by atoms with van der Waals surface area (Å²) in [6.07, 6.45) is 3.99. The van der Waals surface area contributed by atoms with Crippen LogP contribution in [0.2, 0.25) is 0 Å². The fourth-order valence-electron chi connectivity index (χ4n) is 3.16. The van der Waals surface area contributed by atoms with E-state index < -0.39 is 6.10 Å². The molecule has 1 aliphatic heterocycles. The zero-order valence-corrected chi connectivity index (χ0v) is 18.8. The topological polar surface area (TPSA) is 59.9 Å². The van der Waals surface area contributed by atoms with E-state index in [1.54, 1.807) is 12.1 Å². The highest BCUT2D eigenvalue weighted by Crippen LogP contribution is 2.14. The van der Waals surface area contributed by atoms with Gasteiger partial charge in [-0.25, -0.2) is 4.39 Å². The van der Waals surface area contributed by atoms with E-state index in [0.29, 0.717) is 11.6 Å². The van der Waals surface area contributed by atoms with E-state index in [1.165, 1.54) is 31.5 Å². The number of piperidine rings is 1. The number of aliphatic hydroxyl groups is 1. The molecule has 1 heterocycles. The summed E-state index contributed by atoms with van der Waals surface area (Å²) in [5, 5.41) is 17.0. The van der Waals surface area contributed by atoms with Gasteiger partial charge in [0.1, 0.15) is 5.82 Å². The highest BCUT2D eigenvalue weighted by Gasteiger charge is 2.19. The molecule has 154 valence electrons. The first-order valence-electron chi connectivity index (χ1n) is 9.83. The Morgan fingerprint density at radius 2 is 1.93 bits per heavy atom. The minimum Gasteiger partial charge on any atom is -0.386 e. The van der Waals surface area contributed by atoms with Gasteiger partial charge in [0.05, 0.1) is 12.6 Å². The molecule has 1 fully saturated rings. The first kappa shape index (κ1) is 24.1. The zero-order chi connectivity index (χ0) is 18.8. The van der Waals surface area contributed by atoms with Gasteiger partial charge in [-0.1, -0.05) is 25.5 Å². The number of hydrogen-bond acceptors (Lipinski definition) is 3. The third-order valence-corrected chi connectivity index (χ3v) is 4.78. The Morgan fingerprint density at radius 3 is 2.52 bits per heavy atom. The van der Waals surface area contributed by atoms with Crippen LogP contribution in [-0.2, 0) is 0 Å². The molecule has 0 radical (unpaired) electrons. The SMILES string of the molecule is CCCCN1CCC(NC(=NCC(O)c2ccc(F)cc2)NCC)CC1.I. The molecule has 1 aliphatic rings. The van der Waals surface area contributed by atoms with Crippen LogP contribution in [0, 0.1) is 5.82 Å². The molecule has 3 N–H and O–H groups in total. The van der Waals surface area contributed by atoms with Crippen molar-refractivity contribution in [3.63, 3.8) is 0 Å². The number of rotatable bonds is 8. The lowest BCUT2D eigenvalue weighted by molar-refractivity contribution is 0.186. The lowest BCUT2D eigenvalue weighted by Gasteiger charge is -2.33. The van der Waals surface area contributed by atoms with Crippen LogP contribution in [-0.4, -0.2) is 54.7 Å². The van der Waals surface area contributed by atoms with Gasteiger partial charge in [0.15, 0.2) is 5.96 Å². The van der Waals surface area contributed by atoms with Gasteiger partial charge in [0.2, 0.25) is 0 Å². The lowest BCUT2D eigenvalue weighted by Crippen LogP contribution is -2.48. The van der Waals surface area contributed by atoms with Gasteiger partial charge < -0.3 is 20.6 Å². The maximum absolute atomic E-state index is 13.0. The van der Waals surface area contributed by atoms with E-state index in [-0.39, 0.29) is 36.3 Å². The van der Waals surface area contributed by atoms with Crippen molar-refractivity contribution in [2.75, 3.05) is 32.7 Å². The second-order valence-corrected chi connectivity index (χ2v) is 6.90. The molecule has 1 atom stereocenters. The smallest absolute Gasteiger partial charge is 0.191 e. The normalized spacial score (nSPS) is 17.3. The lowest BCUT2D eigenvalue weighted by atomic mass is 10.0. The summed E-state index contributed by atoms with van der Waals surface area (Å²) < 4.78 is 13.0. The van der Waals surface area contributed by atoms with E-state index in [0.717, 1.165) is 38.4 Å². The fourth-order valence-corrected chi connectivity index (χ4v) is 3.16. The van der Waals surface area contributed by atoms with E-state index in [2.05, 4.69) is 27.4 Å². The first-order chi connectivity index (χ1) is 12.6. The Kier molecular flexibility index (Phi) is 11.9. The second-order valence-electron chi connectivity index (χ2n) is 6.90. The number of benzene rings is 1. The van der Waals surface area contributed by atoms with Crippen molar-refractivity contribution < 1.29 is 9.50 Å². The Morgan fingerprint density at radius 1 is 1.26 bits per heavy atom. The molecule has 0 aromatic heterocycles. The molecule has 2 rings (SSSR count). The van der Waals surface area contributed by atoms with Crippen LogP contribution in [0.3, 0.4) is 0 Å². The highest BCUT2D eigenvalue weighted by molar-refractivity contribution is 14.0. The van der Waals surface area contributed by atoms with Crippen molar-refractivity contribution >= 4 is 29.9 Å². The third-order valence-electron chi connectivity index (χ3n) is 4.78. The van der Waals surface area contributed by atoms with Crippen LogP contribution in [0.1, 0.15) is 51.2 Å². The van der Waals surface area contributed by atoms with Crippen LogP contribution < -0.4 is 10.6 Å². The molecule has 0 bridgehead atoms. The van der Waals surface area contributed by atoms with E-state index >= 15 is 0 Å². The molecule has 0 spiro atoms. The summed E-state index contributed by atoms with van der Waals surface area (Å²) in [5.74, 6) is 0.436. The Labute approximate surface area is 179 Å². The number of nitrogens with one attached hydrogen (secondary N) is 2. The van der Waals surface area contributed by atoms with E-state index in [4.69, 9.17) is 0 Å². The number of hydrogen-bond donors (Lipinski definition) is 3. The van der Waals surface area contributed by atoms with Crippen molar-refractivity contribution in [3.8, 4) is 0 Å². The number of halogens is 2. The van der Waals surface area contributed by atoms with Gasteiger partial charge in [0, 0.05) is 25.7 Å². The molecule has 1 aromatic carbocycles. The van der Waals surface area contributed by atoms with Crippen molar-refractivity contribution in [1.29, 1.82) is 0 Å². The highest BCUT2D eigenvalue weighted by atomic mass is 127. The fraction of sp³-hybridized carbons (Fsp3) is 0.650. The molecule has 0 aliphatic carbocycles. The molecule has 1 aromatic rings. The van der Waals surface area contributed by atoms with Crippen LogP contribution >= 0.6 is 24.0 Å². The van der Waals surface area contributed by atoms with Crippen molar-refractivity contribution in [2.45, 2.75) is 51.7 Å². The summed E-state index contributed by atoms with van der Waals surface area (Å²) >= 11 is 0. The van der Waals surface area contributed by atoms with Gasteiger partial charge in [-0.05, 0) is 50.4 Å². The summed E-state index contributed by atoms with van der Waals surface area (Å²) in [7, 11) is 0. The number of aliphatic imine (C=N–C) groups is 1.